The average molecular weight is 481 g/mol. The number of benzene rings is 2. The number of nitrogens with one attached hydrogen (secondary N) is 1. The molecule has 0 bridgehead atoms. The second kappa shape index (κ2) is 9.14. The Kier molecular flexibility index (Phi) is 5.85. The Hall–Kier alpha value is -4.72. The van der Waals surface area contributed by atoms with Crippen molar-refractivity contribution in [3.63, 3.8) is 0 Å². The molecule has 1 atom stereocenters. The van der Waals surface area contributed by atoms with E-state index < -0.39 is 5.97 Å². The number of hydrogen-bond acceptors (Lipinski definition) is 6. The zero-order chi connectivity index (χ0) is 25.4. The van der Waals surface area contributed by atoms with Gasteiger partial charge < -0.3 is 14.8 Å². The SMILES string of the molecule is Cc1cc(C(C)Nc2ccccc2C(=O)O)c2oc(-c3cncc(-n4cccn4)c3)c(C)c(=O)c2c1. The Morgan fingerprint density at radius 2 is 1.92 bits per heavy atom. The number of hydrogen-bond donors (Lipinski definition) is 2. The molecule has 0 amide bonds. The number of rotatable bonds is 6. The third-order valence-corrected chi connectivity index (χ3v) is 6.14. The van der Waals surface area contributed by atoms with Gasteiger partial charge >= 0.3 is 5.97 Å². The molecule has 8 nitrogen and oxygen atoms in total. The lowest BCUT2D eigenvalue weighted by Crippen LogP contribution is -2.14. The van der Waals surface area contributed by atoms with Crippen molar-refractivity contribution in [2.24, 2.45) is 0 Å². The summed E-state index contributed by atoms with van der Waals surface area (Å²) < 4.78 is 8.11. The van der Waals surface area contributed by atoms with Crippen LogP contribution in [0.5, 0.6) is 0 Å². The van der Waals surface area contributed by atoms with Gasteiger partial charge in [-0.05, 0) is 56.7 Å². The van der Waals surface area contributed by atoms with Crippen molar-refractivity contribution in [2.75, 3.05) is 5.32 Å². The van der Waals surface area contributed by atoms with Crippen LogP contribution in [0.1, 0.15) is 40.0 Å². The maximum atomic E-state index is 13.5. The number of carboxylic acids is 1. The highest BCUT2D eigenvalue weighted by Crippen LogP contribution is 2.33. The van der Waals surface area contributed by atoms with Crippen molar-refractivity contribution in [3.05, 3.63) is 106 Å². The molecule has 0 spiro atoms. The quantitative estimate of drug-likeness (QED) is 0.329. The van der Waals surface area contributed by atoms with Gasteiger partial charge in [-0.3, -0.25) is 9.78 Å². The number of carboxylic acid groups (broad SMARTS) is 1. The lowest BCUT2D eigenvalue weighted by molar-refractivity contribution is 0.0698. The van der Waals surface area contributed by atoms with Gasteiger partial charge in [0.25, 0.3) is 0 Å². The summed E-state index contributed by atoms with van der Waals surface area (Å²) >= 11 is 0. The number of pyridine rings is 1. The van der Waals surface area contributed by atoms with Crippen molar-refractivity contribution in [1.82, 2.24) is 14.8 Å². The van der Waals surface area contributed by atoms with Gasteiger partial charge in [-0.15, -0.1) is 0 Å². The lowest BCUT2D eigenvalue weighted by atomic mass is 9.98. The molecule has 0 aliphatic heterocycles. The first-order valence-electron chi connectivity index (χ1n) is 11.5. The van der Waals surface area contributed by atoms with Gasteiger partial charge in [0.05, 0.1) is 28.9 Å². The molecular formula is C28H24N4O4. The molecule has 0 aliphatic carbocycles. The molecule has 5 aromatic rings. The van der Waals surface area contributed by atoms with Crippen LogP contribution in [0.2, 0.25) is 0 Å². The third kappa shape index (κ3) is 4.13. The van der Waals surface area contributed by atoms with E-state index in [4.69, 9.17) is 4.42 Å². The van der Waals surface area contributed by atoms with E-state index in [2.05, 4.69) is 15.4 Å². The Bertz CT molecular complexity index is 1650. The first-order chi connectivity index (χ1) is 17.3. The van der Waals surface area contributed by atoms with E-state index in [-0.39, 0.29) is 17.0 Å². The fraction of sp³-hybridized carbons (Fsp3) is 0.143. The molecule has 3 heterocycles. The lowest BCUT2D eigenvalue weighted by Gasteiger charge is -2.20. The Labute approximate surface area is 206 Å². The number of fused-ring (bicyclic) bond motifs is 1. The normalized spacial score (nSPS) is 12.0. The number of aromatic carboxylic acids is 1. The second-order valence-electron chi connectivity index (χ2n) is 8.72. The molecule has 5 rings (SSSR count). The molecule has 0 fully saturated rings. The molecule has 2 N–H and O–H groups in total. The number of para-hydroxylation sites is 1. The highest BCUT2D eigenvalue weighted by Gasteiger charge is 2.20. The Balaban J connectivity index is 1.66. The van der Waals surface area contributed by atoms with Crippen molar-refractivity contribution >= 4 is 22.6 Å². The molecule has 180 valence electrons. The molecule has 0 saturated carbocycles. The Morgan fingerprint density at radius 3 is 2.67 bits per heavy atom. The van der Waals surface area contributed by atoms with Gasteiger partial charge in [0, 0.05) is 41.0 Å². The molecule has 0 aliphatic rings. The number of aromatic nitrogens is 3. The van der Waals surface area contributed by atoms with Gasteiger partial charge in [0.2, 0.25) is 0 Å². The van der Waals surface area contributed by atoms with Crippen molar-refractivity contribution in [3.8, 4) is 17.0 Å². The van der Waals surface area contributed by atoms with Crippen LogP contribution in [-0.2, 0) is 0 Å². The van der Waals surface area contributed by atoms with Crippen LogP contribution >= 0.6 is 0 Å². The first kappa shape index (κ1) is 23.0. The van der Waals surface area contributed by atoms with Crippen LogP contribution in [0, 0.1) is 13.8 Å². The minimum Gasteiger partial charge on any atom is -0.478 e. The highest BCUT2D eigenvalue weighted by molar-refractivity contribution is 5.94. The summed E-state index contributed by atoms with van der Waals surface area (Å²) in [5.41, 5.74) is 4.50. The molecule has 1 unspecified atom stereocenters. The molecule has 2 aromatic carbocycles. The van der Waals surface area contributed by atoms with Gasteiger partial charge in [0.15, 0.2) is 5.43 Å². The zero-order valence-electron chi connectivity index (χ0n) is 20.0. The molecule has 0 radical (unpaired) electrons. The molecular weight excluding hydrogens is 456 g/mol. The minimum absolute atomic E-state index is 0.126. The smallest absolute Gasteiger partial charge is 0.337 e. The number of carbonyl (C=O) groups is 1. The minimum atomic E-state index is -1.02. The van der Waals surface area contributed by atoms with Crippen molar-refractivity contribution in [1.29, 1.82) is 0 Å². The topological polar surface area (TPSA) is 110 Å². The van der Waals surface area contributed by atoms with E-state index in [0.717, 1.165) is 16.8 Å². The van der Waals surface area contributed by atoms with E-state index in [1.54, 1.807) is 54.5 Å². The van der Waals surface area contributed by atoms with E-state index in [1.165, 1.54) is 0 Å². The number of nitrogens with zero attached hydrogens (tertiary/aromatic N) is 3. The first-order valence-corrected chi connectivity index (χ1v) is 11.5. The maximum absolute atomic E-state index is 13.5. The van der Waals surface area contributed by atoms with E-state index in [9.17, 15) is 14.7 Å². The fourth-order valence-electron chi connectivity index (χ4n) is 4.37. The van der Waals surface area contributed by atoms with Gasteiger partial charge in [-0.1, -0.05) is 18.2 Å². The largest absolute Gasteiger partial charge is 0.478 e. The summed E-state index contributed by atoms with van der Waals surface area (Å²) in [7, 11) is 0. The van der Waals surface area contributed by atoms with Gasteiger partial charge in [0.1, 0.15) is 11.3 Å². The zero-order valence-corrected chi connectivity index (χ0v) is 20.0. The molecule has 8 heteroatoms. The summed E-state index contributed by atoms with van der Waals surface area (Å²) in [5, 5.41) is 17.6. The summed E-state index contributed by atoms with van der Waals surface area (Å²) in [6.45, 7) is 5.57. The van der Waals surface area contributed by atoms with E-state index in [0.29, 0.717) is 33.5 Å². The van der Waals surface area contributed by atoms with Crippen LogP contribution in [0.3, 0.4) is 0 Å². The van der Waals surface area contributed by atoms with Crippen LogP contribution in [-0.4, -0.2) is 25.8 Å². The van der Waals surface area contributed by atoms with E-state index in [1.807, 2.05) is 44.3 Å². The standard InChI is InChI=1S/C28H24N4O4/c1-16-11-22(18(3)31-24-8-5-4-7-21(24)28(34)35)27-23(12-16)25(33)17(2)26(36-27)19-13-20(15-29-14-19)32-10-6-9-30-32/h4-15,18,31H,1-3H3,(H,34,35). The van der Waals surface area contributed by atoms with Crippen LogP contribution in [0.4, 0.5) is 5.69 Å². The summed E-state index contributed by atoms with van der Waals surface area (Å²) in [4.78, 5) is 29.5. The monoisotopic (exact) mass is 480 g/mol. The van der Waals surface area contributed by atoms with Crippen LogP contribution in [0.25, 0.3) is 28.0 Å². The van der Waals surface area contributed by atoms with Crippen LogP contribution in [0.15, 0.2) is 82.5 Å². The fourth-order valence-corrected chi connectivity index (χ4v) is 4.37. The molecule has 36 heavy (non-hydrogen) atoms. The number of aryl methyl sites for hydroxylation is 1. The number of anilines is 1. The third-order valence-electron chi connectivity index (χ3n) is 6.14. The molecule has 3 aromatic heterocycles. The predicted molar refractivity (Wildman–Crippen MR) is 138 cm³/mol. The Morgan fingerprint density at radius 1 is 1.11 bits per heavy atom. The van der Waals surface area contributed by atoms with Gasteiger partial charge in [-0.2, -0.15) is 5.10 Å². The molecule has 0 saturated heterocycles. The van der Waals surface area contributed by atoms with Crippen molar-refractivity contribution < 1.29 is 14.3 Å². The summed E-state index contributed by atoms with van der Waals surface area (Å²) in [6, 6.07) is 13.8. The second-order valence-corrected chi connectivity index (χ2v) is 8.72. The van der Waals surface area contributed by atoms with Crippen molar-refractivity contribution in [2.45, 2.75) is 26.8 Å². The predicted octanol–water partition coefficient (Wildman–Crippen LogP) is 5.53. The van der Waals surface area contributed by atoms with Gasteiger partial charge in [-0.25, -0.2) is 9.48 Å². The van der Waals surface area contributed by atoms with E-state index >= 15 is 0 Å². The van der Waals surface area contributed by atoms with Crippen LogP contribution < -0.4 is 10.7 Å². The average Bonchev–Trinajstić information content (AvgIpc) is 3.41. The summed E-state index contributed by atoms with van der Waals surface area (Å²) in [6.07, 6.45) is 6.83. The maximum Gasteiger partial charge on any atom is 0.337 e. The summed E-state index contributed by atoms with van der Waals surface area (Å²) in [5.74, 6) is -0.592. The highest BCUT2D eigenvalue weighted by atomic mass is 16.4.